The monoisotopic (exact) mass is 302 g/mol. The zero-order chi connectivity index (χ0) is 13.8. The van der Waals surface area contributed by atoms with Crippen LogP contribution in [0.15, 0.2) is 12.1 Å². The number of ether oxygens (including phenoxy) is 1. The molecule has 106 valence electrons. The highest BCUT2D eigenvalue weighted by molar-refractivity contribution is 6.37. The molecule has 1 atom stereocenters. The average molecular weight is 303 g/mol. The van der Waals surface area contributed by atoms with E-state index in [9.17, 15) is 0 Å². The molecule has 0 unspecified atom stereocenters. The van der Waals surface area contributed by atoms with Crippen LogP contribution in [0.3, 0.4) is 0 Å². The van der Waals surface area contributed by atoms with Gasteiger partial charge in [-0.1, -0.05) is 23.2 Å². The van der Waals surface area contributed by atoms with Crippen molar-refractivity contribution < 1.29 is 4.74 Å². The molecule has 0 amide bonds. The van der Waals surface area contributed by atoms with E-state index in [1.807, 2.05) is 19.1 Å². The highest BCUT2D eigenvalue weighted by Gasteiger charge is 2.21. The van der Waals surface area contributed by atoms with Crippen LogP contribution in [0.4, 0.5) is 0 Å². The Bertz CT molecular complexity index is 416. The van der Waals surface area contributed by atoms with E-state index in [1.165, 1.54) is 6.42 Å². The number of hydrogen-bond acceptors (Lipinski definition) is 3. The van der Waals surface area contributed by atoms with Gasteiger partial charge < -0.3 is 10.5 Å². The van der Waals surface area contributed by atoms with E-state index < -0.39 is 0 Å². The van der Waals surface area contributed by atoms with Crippen LogP contribution in [0.25, 0.3) is 0 Å². The van der Waals surface area contributed by atoms with E-state index in [1.54, 1.807) is 0 Å². The number of hydrogen-bond donors (Lipinski definition) is 1. The second kappa shape index (κ2) is 6.80. The van der Waals surface area contributed by atoms with E-state index in [4.69, 9.17) is 33.7 Å². The Kier molecular flexibility index (Phi) is 5.34. The molecule has 1 aromatic rings. The lowest BCUT2D eigenvalue weighted by atomic mass is 10.1. The first kappa shape index (κ1) is 14.9. The third-order valence-corrected chi connectivity index (χ3v) is 4.02. The van der Waals surface area contributed by atoms with E-state index in [-0.39, 0.29) is 0 Å². The van der Waals surface area contributed by atoms with Crippen LogP contribution in [0.5, 0.6) is 5.75 Å². The van der Waals surface area contributed by atoms with Gasteiger partial charge in [0.15, 0.2) is 5.75 Å². The van der Waals surface area contributed by atoms with Crippen LogP contribution < -0.4 is 10.5 Å². The molecule has 2 N–H and O–H groups in total. The Balaban J connectivity index is 2.05. The summed E-state index contributed by atoms with van der Waals surface area (Å²) in [6.45, 7) is 6.24. The van der Waals surface area contributed by atoms with E-state index in [0.717, 1.165) is 31.7 Å². The molecule has 2 rings (SSSR count). The Morgan fingerprint density at radius 1 is 1.37 bits per heavy atom. The van der Waals surface area contributed by atoms with Crippen molar-refractivity contribution in [2.24, 2.45) is 11.7 Å². The number of nitrogens with two attached hydrogens (primary N) is 1. The van der Waals surface area contributed by atoms with Gasteiger partial charge in [-0.15, -0.1) is 0 Å². The molecule has 0 radical (unpaired) electrons. The van der Waals surface area contributed by atoms with Gasteiger partial charge >= 0.3 is 0 Å². The summed E-state index contributed by atoms with van der Waals surface area (Å²) in [5, 5.41) is 1.16. The van der Waals surface area contributed by atoms with Gasteiger partial charge in [0.05, 0.1) is 16.7 Å². The lowest BCUT2D eigenvalue weighted by Crippen LogP contribution is -2.22. The van der Waals surface area contributed by atoms with Crippen molar-refractivity contribution >= 4 is 23.2 Å². The second-order valence-electron chi connectivity index (χ2n) is 4.95. The molecular formula is C14H20Cl2N2O. The lowest BCUT2D eigenvalue weighted by Gasteiger charge is -2.17. The highest BCUT2D eigenvalue weighted by atomic mass is 35.5. The Labute approximate surface area is 124 Å². The molecule has 1 heterocycles. The van der Waals surface area contributed by atoms with Gasteiger partial charge in [-0.05, 0) is 50.0 Å². The zero-order valence-electron chi connectivity index (χ0n) is 11.2. The van der Waals surface area contributed by atoms with E-state index >= 15 is 0 Å². The quantitative estimate of drug-likeness (QED) is 0.908. The number of benzene rings is 1. The third kappa shape index (κ3) is 3.76. The number of nitrogens with zero attached hydrogens (tertiary/aromatic N) is 1. The van der Waals surface area contributed by atoms with Crippen LogP contribution in [-0.2, 0) is 6.54 Å². The van der Waals surface area contributed by atoms with Gasteiger partial charge in [-0.3, -0.25) is 4.90 Å². The molecule has 0 spiro atoms. The fourth-order valence-corrected chi connectivity index (χ4v) is 3.13. The summed E-state index contributed by atoms with van der Waals surface area (Å²) in [6.07, 6.45) is 1.18. The van der Waals surface area contributed by atoms with Gasteiger partial charge in [0, 0.05) is 13.1 Å². The summed E-state index contributed by atoms with van der Waals surface area (Å²) in [5.74, 6) is 1.20. The largest absolute Gasteiger partial charge is 0.491 e. The SMILES string of the molecule is CCOc1c(Cl)cc(CN2CC[C@@H](CN)C2)cc1Cl. The molecule has 0 saturated carbocycles. The van der Waals surface area contributed by atoms with Crippen molar-refractivity contribution in [3.63, 3.8) is 0 Å². The summed E-state index contributed by atoms with van der Waals surface area (Å²) < 4.78 is 5.43. The minimum absolute atomic E-state index is 0.559. The first-order valence-corrected chi connectivity index (χ1v) is 7.42. The first-order chi connectivity index (χ1) is 9.13. The lowest BCUT2D eigenvalue weighted by molar-refractivity contribution is 0.317. The smallest absolute Gasteiger partial charge is 0.156 e. The van der Waals surface area contributed by atoms with Crippen molar-refractivity contribution in [3.05, 3.63) is 27.7 Å². The fraction of sp³-hybridized carbons (Fsp3) is 0.571. The van der Waals surface area contributed by atoms with Gasteiger partial charge in [0.1, 0.15) is 0 Å². The van der Waals surface area contributed by atoms with Crippen molar-refractivity contribution in [2.45, 2.75) is 19.9 Å². The van der Waals surface area contributed by atoms with Crippen LogP contribution >= 0.6 is 23.2 Å². The molecule has 5 heteroatoms. The fourth-order valence-electron chi connectivity index (χ4n) is 2.49. The van der Waals surface area contributed by atoms with Crippen LogP contribution in [0, 0.1) is 5.92 Å². The summed E-state index contributed by atoms with van der Waals surface area (Å²) >= 11 is 12.4. The summed E-state index contributed by atoms with van der Waals surface area (Å²) in [5.41, 5.74) is 6.83. The van der Waals surface area contributed by atoms with Gasteiger partial charge in [0.25, 0.3) is 0 Å². The number of rotatable bonds is 5. The van der Waals surface area contributed by atoms with Crippen molar-refractivity contribution in [1.29, 1.82) is 0 Å². The van der Waals surface area contributed by atoms with Gasteiger partial charge in [-0.2, -0.15) is 0 Å². The topological polar surface area (TPSA) is 38.5 Å². The summed E-state index contributed by atoms with van der Waals surface area (Å²) in [7, 11) is 0. The molecule has 0 bridgehead atoms. The predicted octanol–water partition coefficient (Wildman–Crippen LogP) is 3.17. The summed E-state index contributed by atoms with van der Waals surface area (Å²) in [6, 6.07) is 3.88. The van der Waals surface area contributed by atoms with Crippen molar-refractivity contribution in [3.8, 4) is 5.75 Å². The maximum absolute atomic E-state index is 6.21. The van der Waals surface area contributed by atoms with E-state index in [0.29, 0.717) is 28.3 Å². The van der Waals surface area contributed by atoms with Crippen LogP contribution in [-0.4, -0.2) is 31.1 Å². The molecule has 1 aromatic carbocycles. The molecule has 1 aliphatic heterocycles. The van der Waals surface area contributed by atoms with Crippen molar-refractivity contribution in [2.75, 3.05) is 26.2 Å². The normalized spacial score (nSPS) is 19.9. The number of halogens is 2. The molecule has 3 nitrogen and oxygen atoms in total. The zero-order valence-corrected chi connectivity index (χ0v) is 12.7. The minimum atomic E-state index is 0.559. The molecule has 0 aromatic heterocycles. The number of likely N-dealkylation sites (tertiary alicyclic amines) is 1. The molecular weight excluding hydrogens is 283 g/mol. The Hall–Kier alpha value is -0.480. The van der Waals surface area contributed by atoms with Crippen LogP contribution in [0.2, 0.25) is 10.0 Å². The average Bonchev–Trinajstić information content (AvgIpc) is 2.81. The summed E-state index contributed by atoms with van der Waals surface area (Å²) in [4.78, 5) is 2.39. The Morgan fingerprint density at radius 2 is 2.05 bits per heavy atom. The maximum Gasteiger partial charge on any atom is 0.156 e. The van der Waals surface area contributed by atoms with Gasteiger partial charge in [0.2, 0.25) is 0 Å². The Morgan fingerprint density at radius 3 is 2.58 bits per heavy atom. The second-order valence-corrected chi connectivity index (χ2v) is 5.76. The standard InChI is InChI=1S/C14H20Cl2N2O/c1-2-19-14-12(15)5-11(6-13(14)16)9-18-4-3-10(7-17)8-18/h5-6,10H,2-4,7-9,17H2,1H3/t10-/m0/s1. The molecule has 1 fully saturated rings. The molecule has 19 heavy (non-hydrogen) atoms. The van der Waals surface area contributed by atoms with E-state index in [2.05, 4.69) is 4.90 Å². The predicted molar refractivity (Wildman–Crippen MR) is 80.1 cm³/mol. The minimum Gasteiger partial charge on any atom is -0.491 e. The maximum atomic E-state index is 6.21. The molecule has 1 aliphatic rings. The first-order valence-electron chi connectivity index (χ1n) is 6.67. The third-order valence-electron chi connectivity index (χ3n) is 3.46. The molecule has 0 aliphatic carbocycles. The highest BCUT2D eigenvalue weighted by Crippen LogP contribution is 2.34. The van der Waals surface area contributed by atoms with Gasteiger partial charge in [-0.25, -0.2) is 0 Å². The molecule has 1 saturated heterocycles. The van der Waals surface area contributed by atoms with Crippen LogP contribution in [0.1, 0.15) is 18.9 Å². The van der Waals surface area contributed by atoms with Crippen molar-refractivity contribution in [1.82, 2.24) is 4.90 Å².